The normalized spacial score (nSPS) is 17.7. The average Bonchev–Trinajstić information content (AvgIpc) is 2.15. The molecule has 1 aliphatic heterocycles. The molecule has 0 aromatic rings. The number of Topliss-reactive ketones (excluding diaryl/α,β-unsaturated/α-hetero) is 1. The number of carbonyl (C=O) groups is 2. The lowest BCUT2D eigenvalue weighted by Gasteiger charge is -2.04. The summed E-state index contributed by atoms with van der Waals surface area (Å²) in [6.45, 7) is 2.22. The minimum atomic E-state index is -0.531. The zero-order valence-corrected chi connectivity index (χ0v) is 5.00. The largest absolute Gasteiger partial charge is 0.316 e. The highest BCUT2D eigenvalue weighted by Gasteiger charge is 2.23. The first-order chi connectivity index (χ1) is 4.25. The van der Waals surface area contributed by atoms with Crippen LogP contribution in [-0.4, -0.2) is 29.5 Å². The Labute approximate surface area is 52.1 Å². The second-order valence-corrected chi connectivity index (χ2v) is 1.63. The molecule has 0 fully saturated rings. The highest BCUT2D eigenvalue weighted by atomic mass is 16.2. The number of nitrogens with zero attached hydrogens (tertiary/aromatic N) is 2. The second-order valence-electron chi connectivity index (χ2n) is 1.63. The second kappa shape index (κ2) is 1.97. The fourth-order valence-corrected chi connectivity index (χ4v) is 0.582. The van der Waals surface area contributed by atoms with Crippen LogP contribution in [0.1, 0.15) is 6.92 Å². The molecule has 1 amide bonds. The third-order valence-corrected chi connectivity index (χ3v) is 1.06. The Morgan fingerprint density at radius 3 is 2.56 bits per heavy atom. The maximum absolute atomic E-state index is 10.6. The predicted octanol–water partition coefficient (Wildman–Crippen LogP) is -0.597. The quantitative estimate of drug-likeness (QED) is 0.440. The molecule has 9 heavy (non-hydrogen) atoms. The molecule has 0 saturated heterocycles. The van der Waals surface area contributed by atoms with Crippen molar-refractivity contribution < 1.29 is 9.59 Å². The molecule has 0 bridgehead atoms. The number of likely N-dealkylation sites (N-methyl/N-ethyl adjacent to an activating group) is 1. The Morgan fingerprint density at radius 1 is 1.67 bits per heavy atom. The van der Waals surface area contributed by atoms with Gasteiger partial charge in [0.25, 0.3) is 5.78 Å². The lowest BCUT2D eigenvalue weighted by Crippen LogP contribution is -2.25. The number of hydrogen-bond acceptors (Lipinski definition) is 3. The van der Waals surface area contributed by atoms with Crippen LogP contribution in [-0.2, 0) is 9.59 Å². The van der Waals surface area contributed by atoms with Crippen molar-refractivity contribution in [2.24, 2.45) is 5.10 Å². The molecule has 0 N–H and O–H groups in total. The number of hydrazone groups is 1. The molecule has 48 valence electrons. The van der Waals surface area contributed by atoms with Crippen molar-refractivity contribution >= 4 is 17.9 Å². The first kappa shape index (κ1) is 5.94. The van der Waals surface area contributed by atoms with Gasteiger partial charge in [-0.15, -0.1) is 0 Å². The van der Waals surface area contributed by atoms with Crippen molar-refractivity contribution in [2.75, 3.05) is 6.54 Å². The minimum Gasteiger partial charge on any atom is -0.282 e. The van der Waals surface area contributed by atoms with Crippen molar-refractivity contribution in [3.05, 3.63) is 0 Å². The molecule has 0 radical (unpaired) electrons. The third-order valence-electron chi connectivity index (χ3n) is 1.06. The van der Waals surface area contributed by atoms with Crippen LogP contribution in [0.15, 0.2) is 5.10 Å². The van der Waals surface area contributed by atoms with E-state index in [1.165, 1.54) is 0 Å². The fourth-order valence-electron chi connectivity index (χ4n) is 0.582. The van der Waals surface area contributed by atoms with E-state index in [2.05, 4.69) is 5.10 Å². The molecule has 4 heteroatoms. The van der Waals surface area contributed by atoms with Crippen LogP contribution in [0.5, 0.6) is 0 Å². The molecule has 0 spiro atoms. The SMILES string of the molecule is CCN1N=CC(=O)C1=O. The van der Waals surface area contributed by atoms with E-state index in [1.54, 1.807) is 6.92 Å². The molecule has 0 aliphatic carbocycles. The Morgan fingerprint density at radius 2 is 2.33 bits per heavy atom. The summed E-state index contributed by atoms with van der Waals surface area (Å²) in [7, 11) is 0. The number of hydrogen-bond donors (Lipinski definition) is 0. The van der Waals surface area contributed by atoms with E-state index in [4.69, 9.17) is 0 Å². The summed E-state index contributed by atoms with van der Waals surface area (Å²) in [6, 6.07) is 0. The van der Waals surface area contributed by atoms with Crippen LogP contribution in [0.2, 0.25) is 0 Å². The van der Waals surface area contributed by atoms with Crippen LogP contribution in [0, 0.1) is 0 Å². The molecule has 0 atom stereocenters. The van der Waals surface area contributed by atoms with E-state index < -0.39 is 11.7 Å². The van der Waals surface area contributed by atoms with E-state index in [1.807, 2.05) is 0 Å². The van der Waals surface area contributed by atoms with Crippen molar-refractivity contribution in [1.29, 1.82) is 0 Å². The van der Waals surface area contributed by atoms with E-state index in [0.29, 0.717) is 6.54 Å². The lowest BCUT2D eigenvalue weighted by molar-refractivity contribution is -0.139. The van der Waals surface area contributed by atoms with Gasteiger partial charge in [-0.3, -0.25) is 9.59 Å². The molecule has 1 heterocycles. The molecule has 0 aromatic heterocycles. The number of rotatable bonds is 1. The highest BCUT2D eigenvalue weighted by Crippen LogP contribution is 1.96. The molecule has 1 aliphatic rings. The van der Waals surface area contributed by atoms with E-state index in [0.717, 1.165) is 11.2 Å². The standard InChI is InChI=1S/C5H6N2O2/c1-2-7-5(9)4(8)3-6-7/h3H,2H2,1H3. The zero-order valence-electron chi connectivity index (χ0n) is 5.00. The summed E-state index contributed by atoms with van der Waals surface area (Å²) in [5.41, 5.74) is 0. The van der Waals surface area contributed by atoms with Crippen molar-refractivity contribution in [3.8, 4) is 0 Å². The molecular weight excluding hydrogens is 120 g/mol. The molecule has 0 unspecified atom stereocenters. The molecule has 0 saturated carbocycles. The topological polar surface area (TPSA) is 49.7 Å². The monoisotopic (exact) mass is 126 g/mol. The van der Waals surface area contributed by atoms with Crippen molar-refractivity contribution in [3.63, 3.8) is 0 Å². The summed E-state index contributed by atoms with van der Waals surface area (Å²) >= 11 is 0. The summed E-state index contributed by atoms with van der Waals surface area (Å²) in [6.07, 6.45) is 1.03. The number of carbonyl (C=O) groups excluding carboxylic acids is 2. The van der Waals surface area contributed by atoms with E-state index in [-0.39, 0.29) is 0 Å². The van der Waals surface area contributed by atoms with Gasteiger partial charge in [0.1, 0.15) is 6.21 Å². The van der Waals surface area contributed by atoms with E-state index >= 15 is 0 Å². The van der Waals surface area contributed by atoms with Crippen LogP contribution in [0.4, 0.5) is 0 Å². The average molecular weight is 126 g/mol. The maximum atomic E-state index is 10.6. The summed E-state index contributed by atoms with van der Waals surface area (Å²) < 4.78 is 0. The van der Waals surface area contributed by atoms with Gasteiger partial charge < -0.3 is 0 Å². The smallest absolute Gasteiger partial charge is 0.282 e. The maximum Gasteiger partial charge on any atom is 0.316 e. The van der Waals surface area contributed by atoms with Gasteiger partial charge in [-0.1, -0.05) is 0 Å². The number of ketones is 1. The van der Waals surface area contributed by atoms with Gasteiger partial charge in [0.2, 0.25) is 0 Å². The van der Waals surface area contributed by atoms with Gasteiger partial charge in [0.15, 0.2) is 0 Å². The minimum absolute atomic E-state index is 0.459. The molecule has 1 rings (SSSR count). The Hall–Kier alpha value is -1.19. The number of amides is 1. The summed E-state index contributed by atoms with van der Waals surface area (Å²) in [5.74, 6) is -1.06. The third kappa shape index (κ3) is 0.826. The molecular formula is C5H6N2O2. The van der Waals surface area contributed by atoms with Gasteiger partial charge in [-0.05, 0) is 6.92 Å². The van der Waals surface area contributed by atoms with Crippen LogP contribution in [0.25, 0.3) is 0 Å². The van der Waals surface area contributed by atoms with Gasteiger partial charge in [-0.25, -0.2) is 5.01 Å². The first-order valence-corrected chi connectivity index (χ1v) is 2.65. The van der Waals surface area contributed by atoms with Gasteiger partial charge >= 0.3 is 5.91 Å². The van der Waals surface area contributed by atoms with E-state index in [9.17, 15) is 9.59 Å². The Kier molecular flexibility index (Phi) is 1.30. The van der Waals surface area contributed by atoms with Crippen molar-refractivity contribution in [2.45, 2.75) is 6.92 Å². The van der Waals surface area contributed by atoms with Gasteiger partial charge in [0.05, 0.1) is 0 Å². The zero-order chi connectivity index (χ0) is 6.85. The Balaban J connectivity index is 2.73. The molecule has 0 aromatic carbocycles. The Bertz CT molecular complexity index is 185. The first-order valence-electron chi connectivity index (χ1n) is 2.65. The van der Waals surface area contributed by atoms with Crippen LogP contribution >= 0.6 is 0 Å². The summed E-state index contributed by atoms with van der Waals surface area (Å²) in [4.78, 5) is 21.0. The van der Waals surface area contributed by atoms with Gasteiger partial charge in [-0.2, -0.15) is 5.10 Å². The fraction of sp³-hybridized carbons (Fsp3) is 0.400. The van der Waals surface area contributed by atoms with Crippen LogP contribution in [0.3, 0.4) is 0 Å². The predicted molar refractivity (Wildman–Crippen MR) is 30.9 cm³/mol. The summed E-state index contributed by atoms with van der Waals surface area (Å²) in [5, 5.41) is 4.65. The molecule has 4 nitrogen and oxygen atoms in total. The lowest BCUT2D eigenvalue weighted by atomic mass is 10.4. The van der Waals surface area contributed by atoms with Crippen molar-refractivity contribution in [1.82, 2.24) is 5.01 Å². The highest BCUT2D eigenvalue weighted by molar-refractivity contribution is 6.60. The van der Waals surface area contributed by atoms with Crippen LogP contribution < -0.4 is 0 Å². The van der Waals surface area contributed by atoms with Gasteiger partial charge in [0, 0.05) is 6.54 Å².